The maximum absolute atomic E-state index is 5.35. The van der Waals surface area contributed by atoms with Crippen molar-refractivity contribution in [2.24, 2.45) is 0 Å². The first-order valence-electron chi connectivity index (χ1n) is 3.56. The molecule has 0 bridgehead atoms. The number of hydrogen-bond acceptors (Lipinski definition) is 3. The van der Waals surface area contributed by atoms with Gasteiger partial charge in [-0.3, -0.25) is 0 Å². The van der Waals surface area contributed by atoms with Gasteiger partial charge in [0, 0.05) is 5.56 Å². The van der Waals surface area contributed by atoms with Gasteiger partial charge < -0.3 is 4.42 Å². The Morgan fingerprint density at radius 1 is 1.42 bits per heavy atom. The normalized spacial score (nSPS) is 10.9. The number of nitrogens with zero attached hydrogens (tertiary/aromatic N) is 2. The summed E-state index contributed by atoms with van der Waals surface area (Å²) in [4.78, 5) is 8.30. The highest BCUT2D eigenvalue weighted by atomic mass is 79.9. The third kappa shape index (κ3) is 1.03. The number of aromatic nitrogens is 2. The van der Waals surface area contributed by atoms with E-state index in [1.54, 1.807) is 6.20 Å². The van der Waals surface area contributed by atoms with Crippen LogP contribution in [0.2, 0.25) is 0 Å². The SMILES string of the molecule is Cc1ncc2oc(Br)c(C)c2n1. The van der Waals surface area contributed by atoms with Crippen molar-refractivity contribution in [1.82, 2.24) is 9.97 Å². The minimum absolute atomic E-state index is 0.727. The van der Waals surface area contributed by atoms with Crippen molar-refractivity contribution in [1.29, 1.82) is 0 Å². The molecule has 0 amide bonds. The summed E-state index contributed by atoms with van der Waals surface area (Å²) in [5.74, 6) is 0.763. The van der Waals surface area contributed by atoms with Gasteiger partial charge in [0.1, 0.15) is 11.3 Å². The van der Waals surface area contributed by atoms with Gasteiger partial charge in [-0.25, -0.2) is 9.97 Å². The molecule has 3 nitrogen and oxygen atoms in total. The fraction of sp³-hybridized carbons (Fsp3) is 0.250. The highest BCUT2D eigenvalue weighted by Crippen LogP contribution is 2.26. The highest BCUT2D eigenvalue weighted by Gasteiger charge is 2.08. The van der Waals surface area contributed by atoms with Crippen LogP contribution in [0.5, 0.6) is 0 Å². The standard InChI is InChI=1S/C8H7BrN2O/c1-4-7-6(12-8(4)9)3-10-5(2)11-7/h3H,1-2H3. The molecule has 0 radical (unpaired) electrons. The van der Waals surface area contributed by atoms with Gasteiger partial charge in [0.25, 0.3) is 0 Å². The maximum Gasteiger partial charge on any atom is 0.175 e. The van der Waals surface area contributed by atoms with Crippen molar-refractivity contribution < 1.29 is 4.42 Å². The number of fused-ring (bicyclic) bond motifs is 1. The van der Waals surface area contributed by atoms with E-state index in [9.17, 15) is 0 Å². The van der Waals surface area contributed by atoms with Crippen molar-refractivity contribution >= 4 is 27.0 Å². The zero-order valence-corrected chi connectivity index (χ0v) is 8.34. The van der Waals surface area contributed by atoms with Crippen molar-refractivity contribution in [3.05, 3.63) is 22.3 Å². The average molecular weight is 227 g/mol. The van der Waals surface area contributed by atoms with Crippen LogP contribution in [0.1, 0.15) is 11.4 Å². The number of furan rings is 1. The van der Waals surface area contributed by atoms with Crippen molar-refractivity contribution in [3.63, 3.8) is 0 Å². The van der Waals surface area contributed by atoms with Crippen molar-refractivity contribution in [3.8, 4) is 0 Å². The van der Waals surface area contributed by atoms with Gasteiger partial charge >= 0.3 is 0 Å². The molecular weight excluding hydrogens is 220 g/mol. The second kappa shape index (κ2) is 2.55. The zero-order chi connectivity index (χ0) is 8.72. The van der Waals surface area contributed by atoms with Gasteiger partial charge in [-0.15, -0.1) is 0 Å². The number of hydrogen-bond donors (Lipinski definition) is 0. The van der Waals surface area contributed by atoms with Crippen LogP contribution in [-0.4, -0.2) is 9.97 Å². The maximum atomic E-state index is 5.35. The molecule has 0 aliphatic carbocycles. The Hall–Kier alpha value is -0.900. The molecule has 0 fully saturated rings. The predicted octanol–water partition coefficient (Wildman–Crippen LogP) is 2.60. The monoisotopic (exact) mass is 226 g/mol. The molecule has 2 aromatic rings. The van der Waals surface area contributed by atoms with Crippen LogP contribution in [0, 0.1) is 13.8 Å². The smallest absolute Gasteiger partial charge is 0.175 e. The number of halogens is 1. The lowest BCUT2D eigenvalue weighted by molar-refractivity contribution is 0.582. The summed E-state index contributed by atoms with van der Waals surface area (Å²) < 4.78 is 6.08. The summed E-state index contributed by atoms with van der Waals surface area (Å²) in [6.07, 6.45) is 1.69. The largest absolute Gasteiger partial charge is 0.446 e. The fourth-order valence-electron chi connectivity index (χ4n) is 1.07. The predicted molar refractivity (Wildman–Crippen MR) is 49.0 cm³/mol. The number of rotatable bonds is 0. The zero-order valence-electron chi connectivity index (χ0n) is 6.76. The van der Waals surface area contributed by atoms with Crippen LogP contribution in [0.15, 0.2) is 15.3 Å². The molecule has 0 N–H and O–H groups in total. The van der Waals surface area contributed by atoms with Gasteiger partial charge in [-0.2, -0.15) is 0 Å². The second-order valence-electron chi connectivity index (χ2n) is 2.63. The molecular formula is C8H7BrN2O. The van der Waals surface area contributed by atoms with Crippen molar-refractivity contribution in [2.75, 3.05) is 0 Å². The molecule has 62 valence electrons. The molecule has 0 saturated heterocycles. The topological polar surface area (TPSA) is 38.9 Å². The lowest BCUT2D eigenvalue weighted by Gasteiger charge is -1.89. The van der Waals surface area contributed by atoms with E-state index in [-0.39, 0.29) is 0 Å². The minimum atomic E-state index is 0.727. The lowest BCUT2D eigenvalue weighted by atomic mass is 10.3. The molecule has 0 aliphatic rings. The Balaban J connectivity index is 2.88. The molecule has 4 heteroatoms. The second-order valence-corrected chi connectivity index (χ2v) is 3.35. The molecule has 12 heavy (non-hydrogen) atoms. The molecule has 2 aromatic heterocycles. The molecule has 2 heterocycles. The van der Waals surface area contributed by atoms with Crippen LogP contribution in [0.25, 0.3) is 11.1 Å². The first-order valence-corrected chi connectivity index (χ1v) is 4.36. The van der Waals surface area contributed by atoms with Gasteiger partial charge in [-0.05, 0) is 29.8 Å². The van der Waals surface area contributed by atoms with Gasteiger partial charge in [-0.1, -0.05) is 0 Å². The Morgan fingerprint density at radius 3 is 2.92 bits per heavy atom. The van der Waals surface area contributed by atoms with Crippen LogP contribution in [-0.2, 0) is 0 Å². The van der Waals surface area contributed by atoms with E-state index in [0.717, 1.165) is 27.2 Å². The van der Waals surface area contributed by atoms with E-state index >= 15 is 0 Å². The van der Waals surface area contributed by atoms with Gasteiger partial charge in [0.05, 0.1) is 6.20 Å². The molecule has 0 atom stereocenters. The summed E-state index contributed by atoms with van der Waals surface area (Å²) in [7, 11) is 0. The van der Waals surface area contributed by atoms with E-state index in [4.69, 9.17) is 4.42 Å². The molecule has 0 aromatic carbocycles. The van der Waals surface area contributed by atoms with Gasteiger partial charge in [0.15, 0.2) is 10.3 Å². The Labute approximate surface area is 77.9 Å². The Bertz CT molecular complexity index is 436. The summed E-state index contributed by atoms with van der Waals surface area (Å²) in [5.41, 5.74) is 2.63. The molecule has 0 spiro atoms. The van der Waals surface area contributed by atoms with Crippen LogP contribution in [0.4, 0.5) is 0 Å². The molecule has 0 aliphatic heterocycles. The Kier molecular flexibility index (Phi) is 1.65. The van der Waals surface area contributed by atoms with E-state index in [1.165, 1.54) is 0 Å². The Morgan fingerprint density at radius 2 is 2.17 bits per heavy atom. The van der Waals surface area contributed by atoms with Crippen molar-refractivity contribution in [2.45, 2.75) is 13.8 Å². The van der Waals surface area contributed by atoms with E-state index in [1.807, 2.05) is 13.8 Å². The van der Waals surface area contributed by atoms with Crippen LogP contribution >= 0.6 is 15.9 Å². The highest BCUT2D eigenvalue weighted by molar-refractivity contribution is 9.10. The summed E-state index contributed by atoms with van der Waals surface area (Å²) in [5, 5.41) is 0. The fourth-order valence-corrected chi connectivity index (χ4v) is 1.43. The van der Waals surface area contributed by atoms with E-state index < -0.39 is 0 Å². The molecule has 2 rings (SSSR count). The third-order valence-electron chi connectivity index (χ3n) is 1.73. The lowest BCUT2D eigenvalue weighted by Crippen LogP contribution is -1.85. The molecule has 0 saturated carbocycles. The average Bonchev–Trinajstić information content (AvgIpc) is 2.31. The number of aryl methyl sites for hydroxylation is 2. The van der Waals surface area contributed by atoms with E-state index in [0.29, 0.717) is 0 Å². The van der Waals surface area contributed by atoms with Crippen LogP contribution < -0.4 is 0 Å². The summed E-state index contributed by atoms with van der Waals surface area (Å²) >= 11 is 3.30. The molecule has 0 unspecified atom stereocenters. The quantitative estimate of drug-likeness (QED) is 0.694. The third-order valence-corrected chi connectivity index (χ3v) is 2.48. The summed E-state index contributed by atoms with van der Waals surface area (Å²) in [6.45, 7) is 3.82. The van der Waals surface area contributed by atoms with Crippen LogP contribution in [0.3, 0.4) is 0 Å². The van der Waals surface area contributed by atoms with E-state index in [2.05, 4.69) is 25.9 Å². The van der Waals surface area contributed by atoms with Gasteiger partial charge in [0.2, 0.25) is 0 Å². The minimum Gasteiger partial charge on any atom is -0.446 e. The first kappa shape index (κ1) is 7.73. The summed E-state index contributed by atoms with van der Waals surface area (Å²) in [6, 6.07) is 0. The first-order chi connectivity index (χ1) is 5.68.